The van der Waals surface area contributed by atoms with Gasteiger partial charge < -0.3 is 9.47 Å². The van der Waals surface area contributed by atoms with Crippen LogP contribution in [0.3, 0.4) is 0 Å². The molecule has 0 aromatic carbocycles. The van der Waals surface area contributed by atoms with Gasteiger partial charge in [-0.15, -0.1) is 0 Å². The number of likely N-dealkylation sites (tertiary alicyclic amines) is 1. The normalized spacial score (nSPS) is 29.6. The molecule has 6 heteroatoms. The summed E-state index contributed by atoms with van der Waals surface area (Å²) >= 11 is 0. The average molecular weight is 269 g/mol. The predicted molar refractivity (Wildman–Crippen MR) is 65.4 cm³/mol. The average Bonchev–Trinajstić information content (AvgIpc) is 2.81. The smallest absolute Gasteiger partial charge is 0.411 e. The van der Waals surface area contributed by atoms with Gasteiger partial charge >= 0.3 is 12.1 Å². The lowest BCUT2D eigenvalue weighted by molar-refractivity contribution is -0.151. The third-order valence-electron chi connectivity index (χ3n) is 3.50. The number of carbonyl (C=O) groups excluding carboxylic acids is 3. The molecule has 1 unspecified atom stereocenters. The van der Waals surface area contributed by atoms with Gasteiger partial charge in [-0.1, -0.05) is 0 Å². The van der Waals surface area contributed by atoms with Crippen LogP contribution in [0.5, 0.6) is 0 Å². The maximum absolute atomic E-state index is 12.2. The summed E-state index contributed by atoms with van der Waals surface area (Å²) in [5.74, 6) is -0.961. The van der Waals surface area contributed by atoms with Crippen LogP contribution in [0.1, 0.15) is 33.6 Å². The van der Waals surface area contributed by atoms with E-state index < -0.39 is 29.6 Å². The number of ketones is 1. The van der Waals surface area contributed by atoms with Crippen LogP contribution in [-0.4, -0.2) is 47.5 Å². The zero-order valence-electron chi connectivity index (χ0n) is 11.6. The Morgan fingerprint density at radius 3 is 2.47 bits per heavy atom. The molecule has 2 aliphatic rings. The van der Waals surface area contributed by atoms with Gasteiger partial charge in [0.05, 0.1) is 13.0 Å². The molecule has 0 spiro atoms. The Hall–Kier alpha value is -1.59. The number of hydrogen-bond acceptors (Lipinski definition) is 5. The molecule has 1 amide bonds. The molecule has 2 bridgehead atoms. The molecule has 106 valence electrons. The first-order chi connectivity index (χ1) is 8.74. The molecule has 0 N–H and O–H groups in total. The second kappa shape index (κ2) is 4.51. The summed E-state index contributed by atoms with van der Waals surface area (Å²) < 4.78 is 10.0. The predicted octanol–water partition coefficient (Wildman–Crippen LogP) is 1.13. The standard InChI is InChI=1S/C13H19NO5/c1-13(2,3)19-12(17)14-7-5-8(9(15)6-7)10(14)11(16)18-4/h7-8,10H,5-6H2,1-4H3/t7?,8-,10+/m0/s1. The number of piperidine rings is 1. The van der Waals surface area contributed by atoms with E-state index in [2.05, 4.69) is 0 Å². The Bertz CT molecular complexity index is 425. The quantitative estimate of drug-likeness (QED) is 0.667. The van der Waals surface area contributed by atoms with Crippen molar-refractivity contribution in [3.63, 3.8) is 0 Å². The number of methoxy groups -OCH3 is 1. The highest BCUT2D eigenvalue weighted by Gasteiger charge is 2.57. The lowest BCUT2D eigenvalue weighted by Gasteiger charge is -2.34. The van der Waals surface area contributed by atoms with Crippen molar-refractivity contribution in [2.75, 3.05) is 7.11 Å². The number of carbonyl (C=O) groups is 3. The molecule has 19 heavy (non-hydrogen) atoms. The molecule has 2 fully saturated rings. The molecule has 0 radical (unpaired) electrons. The molecular formula is C13H19NO5. The second-order valence-electron chi connectivity index (χ2n) is 6.02. The maximum Gasteiger partial charge on any atom is 0.411 e. The molecule has 0 aromatic heterocycles. The zero-order chi connectivity index (χ0) is 14.4. The molecule has 2 rings (SSSR count). The van der Waals surface area contributed by atoms with Gasteiger partial charge in [0.15, 0.2) is 0 Å². The molecule has 6 nitrogen and oxygen atoms in total. The van der Waals surface area contributed by atoms with Crippen LogP contribution < -0.4 is 0 Å². The number of hydrogen-bond donors (Lipinski definition) is 0. The summed E-state index contributed by atoms with van der Waals surface area (Å²) in [6, 6.07) is -1.07. The van der Waals surface area contributed by atoms with E-state index in [1.54, 1.807) is 20.8 Å². The summed E-state index contributed by atoms with van der Waals surface area (Å²) in [6.45, 7) is 5.28. The van der Waals surface area contributed by atoms with Crippen LogP contribution in [0, 0.1) is 5.92 Å². The highest BCUT2D eigenvalue weighted by molar-refractivity contribution is 5.95. The lowest BCUT2D eigenvalue weighted by atomic mass is 9.98. The van der Waals surface area contributed by atoms with E-state index in [1.165, 1.54) is 12.0 Å². The number of esters is 1. The van der Waals surface area contributed by atoms with E-state index >= 15 is 0 Å². The van der Waals surface area contributed by atoms with Crippen LogP contribution in [0.2, 0.25) is 0 Å². The Morgan fingerprint density at radius 1 is 1.32 bits per heavy atom. The number of Topliss-reactive ketones (excluding diaryl/α,β-unsaturated/α-hetero) is 1. The van der Waals surface area contributed by atoms with Crippen LogP contribution in [0.4, 0.5) is 4.79 Å². The molecular weight excluding hydrogens is 250 g/mol. The monoisotopic (exact) mass is 269 g/mol. The lowest BCUT2D eigenvalue weighted by Crippen LogP contribution is -2.53. The van der Waals surface area contributed by atoms with Crippen LogP contribution >= 0.6 is 0 Å². The van der Waals surface area contributed by atoms with E-state index in [1.807, 2.05) is 0 Å². The SMILES string of the molecule is COC(=O)[C@H]1[C@H]2CC(CC2=O)N1C(=O)OC(C)(C)C. The Balaban J connectivity index is 2.21. The van der Waals surface area contributed by atoms with Crippen LogP contribution in [0.25, 0.3) is 0 Å². The van der Waals surface area contributed by atoms with Gasteiger partial charge in [0.2, 0.25) is 0 Å². The van der Waals surface area contributed by atoms with Crippen molar-refractivity contribution in [2.45, 2.75) is 51.3 Å². The van der Waals surface area contributed by atoms with Gasteiger partial charge in [-0.25, -0.2) is 9.59 Å². The van der Waals surface area contributed by atoms with Crippen LogP contribution in [-0.2, 0) is 19.1 Å². The highest BCUT2D eigenvalue weighted by atomic mass is 16.6. The zero-order valence-corrected chi connectivity index (χ0v) is 11.6. The third kappa shape index (κ3) is 2.43. The van der Waals surface area contributed by atoms with Crippen molar-refractivity contribution in [1.29, 1.82) is 0 Å². The minimum atomic E-state index is -0.828. The fourth-order valence-electron chi connectivity index (χ4n) is 2.81. The van der Waals surface area contributed by atoms with E-state index in [-0.39, 0.29) is 11.8 Å². The fraction of sp³-hybridized carbons (Fsp3) is 0.769. The number of nitrogens with zero attached hydrogens (tertiary/aromatic N) is 1. The minimum Gasteiger partial charge on any atom is -0.467 e. The van der Waals surface area contributed by atoms with Gasteiger partial charge in [-0.3, -0.25) is 9.69 Å². The number of fused-ring (bicyclic) bond motifs is 2. The third-order valence-corrected chi connectivity index (χ3v) is 3.50. The van der Waals surface area contributed by atoms with Gasteiger partial charge in [0, 0.05) is 12.5 Å². The molecule has 1 aliphatic heterocycles. The molecule has 3 atom stereocenters. The number of ether oxygens (including phenoxy) is 2. The highest BCUT2D eigenvalue weighted by Crippen LogP contribution is 2.41. The Labute approximate surface area is 112 Å². The second-order valence-corrected chi connectivity index (χ2v) is 6.02. The largest absolute Gasteiger partial charge is 0.467 e. The van der Waals surface area contributed by atoms with Crippen molar-refractivity contribution in [3.8, 4) is 0 Å². The van der Waals surface area contributed by atoms with Gasteiger partial charge in [-0.05, 0) is 27.2 Å². The first-order valence-electron chi connectivity index (χ1n) is 6.36. The summed E-state index contributed by atoms with van der Waals surface area (Å²) in [6.07, 6.45) is 0.276. The number of rotatable bonds is 1. The van der Waals surface area contributed by atoms with E-state index in [0.29, 0.717) is 12.8 Å². The molecule has 1 heterocycles. The summed E-state index contributed by atoms with van der Waals surface area (Å²) in [5, 5.41) is 0. The van der Waals surface area contributed by atoms with Gasteiger partial charge in [-0.2, -0.15) is 0 Å². The molecule has 0 aromatic rings. The number of amides is 1. The van der Waals surface area contributed by atoms with Gasteiger partial charge in [0.25, 0.3) is 0 Å². The molecule has 1 saturated heterocycles. The maximum atomic E-state index is 12.2. The molecule has 1 aliphatic carbocycles. The Kier molecular flexibility index (Phi) is 3.28. The first-order valence-corrected chi connectivity index (χ1v) is 6.36. The van der Waals surface area contributed by atoms with E-state index in [0.717, 1.165) is 0 Å². The van der Waals surface area contributed by atoms with Crippen molar-refractivity contribution in [2.24, 2.45) is 5.92 Å². The summed E-state index contributed by atoms with van der Waals surface area (Å²) in [4.78, 5) is 37.1. The van der Waals surface area contributed by atoms with E-state index in [4.69, 9.17) is 9.47 Å². The Morgan fingerprint density at radius 2 is 1.95 bits per heavy atom. The summed E-state index contributed by atoms with van der Waals surface area (Å²) in [7, 11) is 1.26. The first kappa shape index (κ1) is 13.8. The fourth-order valence-corrected chi connectivity index (χ4v) is 2.81. The van der Waals surface area contributed by atoms with Crippen molar-refractivity contribution in [1.82, 2.24) is 4.90 Å². The van der Waals surface area contributed by atoms with Crippen molar-refractivity contribution in [3.05, 3.63) is 0 Å². The van der Waals surface area contributed by atoms with Gasteiger partial charge in [0.1, 0.15) is 17.4 Å². The van der Waals surface area contributed by atoms with E-state index in [9.17, 15) is 14.4 Å². The van der Waals surface area contributed by atoms with Crippen molar-refractivity contribution >= 4 is 17.8 Å². The van der Waals surface area contributed by atoms with Crippen LogP contribution in [0.15, 0.2) is 0 Å². The molecule has 1 saturated carbocycles. The minimum absolute atomic E-state index is 0.0280. The van der Waals surface area contributed by atoms with Crippen molar-refractivity contribution < 1.29 is 23.9 Å². The topological polar surface area (TPSA) is 72.9 Å². The summed E-state index contributed by atoms with van der Waals surface area (Å²) in [5.41, 5.74) is -0.635.